The fraction of sp³-hybridized carbons (Fsp3) is 0.333. The van der Waals surface area contributed by atoms with Crippen molar-refractivity contribution in [2.45, 2.75) is 19.6 Å². The summed E-state index contributed by atoms with van der Waals surface area (Å²) in [6.07, 6.45) is 3.81. The Morgan fingerprint density at radius 3 is 3.10 bits per heavy atom. The molecule has 110 valence electrons. The fourth-order valence-corrected chi connectivity index (χ4v) is 2.70. The van der Waals surface area contributed by atoms with Crippen molar-refractivity contribution in [3.63, 3.8) is 0 Å². The normalized spacial score (nSPS) is 14.7. The van der Waals surface area contributed by atoms with Gasteiger partial charge in [0.15, 0.2) is 0 Å². The molecule has 6 heteroatoms. The first-order valence-electron chi connectivity index (χ1n) is 6.87. The highest BCUT2D eigenvalue weighted by molar-refractivity contribution is 5.96. The molecule has 0 bridgehead atoms. The minimum Gasteiger partial charge on any atom is -0.465 e. The number of carbonyl (C=O) groups is 1. The number of hydrogen-bond donors (Lipinski definition) is 1. The van der Waals surface area contributed by atoms with Crippen molar-refractivity contribution in [2.75, 3.05) is 19.4 Å². The van der Waals surface area contributed by atoms with Gasteiger partial charge in [-0.2, -0.15) is 0 Å². The first-order chi connectivity index (χ1) is 10.2. The highest BCUT2D eigenvalue weighted by Gasteiger charge is 2.21. The molecule has 0 atom stereocenters. The van der Waals surface area contributed by atoms with Gasteiger partial charge in [0.1, 0.15) is 5.82 Å². The molecule has 2 aromatic rings. The van der Waals surface area contributed by atoms with Gasteiger partial charge in [0.05, 0.1) is 19.2 Å². The van der Waals surface area contributed by atoms with Crippen LogP contribution < -0.4 is 5.73 Å². The predicted octanol–water partition coefficient (Wildman–Crippen LogP) is 1.27. The number of nitrogens with zero attached hydrogens (tertiary/aromatic N) is 3. The highest BCUT2D eigenvalue weighted by atomic mass is 16.5. The van der Waals surface area contributed by atoms with Gasteiger partial charge in [-0.25, -0.2) is 9.78 Å². The number of methoxy groups -OCH3 is 1. The number of fused-ring (bicyclic) bond motifs is 1. The maximum absolute atomic E-state index is 11.9. The lowest BCUT2D eigenvalue weighted by molar-refractivity contribution is 0.0599. The average molecular weight is 286 g/mol. The molecule has 1 aromatic heterocycles. The Kier molecular flexibility index (Phi) is 3.62. The smallest absolute Gasteiger partial charge is 0.340 e. The van der Waals surface area contributed by atoms with E-state index in [-0.39, 0.29) is 5.97 Å². The van der Waals surface area contributed by atoms with Crippen LogP contribution in [0.4, 0.5) is 5.69 Å². The number of aromatic nitrogens is 2. The third-order valence-corrected chi connectivity index (χ3v) is 3.79. The van der Waals surface area contributed by atoms with Gasteiger partial charge in [-0.1, -0.05) is 12.1 Å². The minimum atomic E-state index is -0.387. The lowest BCUT2D eigenvalue weighted by Crippen LogP contribution is -2.33. The molecule has 1 aliphatic rings. The molecule has 2 N–H and O–H groups in total. The fourth-order valence-electron chi connectivity index (χ4n) is 2.70. The van der Waals surface area contributed by atoms with Crippen LogP contribution in [0.25, 0.3) is 0 Å². The molecule has 0 aliphatic carbocycles. The maximum atomic E-state index is 11.9. The number of nitrogen functional groups attached to an aromatic ring is 1. The van der Waals surface area contributed by atoms with Gasteiger partial charge in [-0.15, -0.1) is 0 Å². The largest absolute Gasteiger partial charge is 0.465 e. The molecule has 2 heterocycles. The summed E-state index contributed by atoms with van der Waals surface area (Å²) in [7, 11) is 1.37. The summed E-state index contributed by atoms with van der Waals surface area (Å²) in [6.45, 7) is 3.24. The highest BCUT2D eigenvalue weighted by Crippen LogP contribution is 2.21. The standard InChI is InChI=1S/C15H18N4O2/c1-21-15(20)14-11(3-2-4-12(14)16)9-18-7-8-19-6-5-17-13(19)10-18/h2-6H,7-10,16H2,1H3. The first kappa shape index (κ1) is 13.6. The van der Waals surface area contributed by atoms with Crippen LogP contribution in [0.15, 0.2) is 30.6 Å². The molecule has 6 nitrogen and oxygen atoms in total. The monoisotopic (exact) mass is 286 g/mol. The second-order valence-electron chi connectivity index (χ2n) is 5.12. The van der Waals surface area contributed by atoms with Crippen molar-refractivity contribution in [1.29, 1.82) is 0 Å². The number of carbonyl (C=O) groups excluding carboxylic acids is 1. The Morgan fingerprint density at radius 1 is 1.43 bits per heavy atom. The Morgan fingerprint density at radius 2 is 2.29 bits per heavy atom. The number of anilines is 1. The zero-order valence-corrected chi connectivity index (χ0v) is 12.0. The van der Waals surface area contributed by atoms with Gasteiger partial charge in [0.2, 0.25) is 0 Å². The van der Waals surface area contributed by atoms with Crippen LogP contribution in [0.5, 0.6) is 0 Å². The van der Waals surface area contributed by atoms with Gasteiger partial charge in [0, 0.05) is 37.7 Å². The molecule has 0 radical (unpaired) electrons. The Bertz CT molecular complexity index is 665. The summed E-state index contributed by atoms with van der Waals surface area (Å²) in [5, 5.41) is 0. The Hall–Kier alpha value is -2.34. The van der Waals surface area contributed by atoms with E-state index in [1.807, 2.05) is 24.5 Å². The van der Waals surface area contributed by atoms with Crippen molar-refractivity contribution < 1.29 is 9.53 Å². The number of imidazole rings is 1. The second kappa shape index (κ2) is 5.57. The van der Waals surface area contributed by atoms with E-state index in [2.05, 4.69) is 14.5 Å². The average Bonchev–Trinajstić information content (AvgIpc) is 2.94. The molecule has 0 fully saturated rings. The molecule has 21 heavy (non-hydrogen) atoms. The van der Waals surface area contributed by atoms with E-state index in [0.29, 0.717) is 17.8 Å². The molecule has 1 aromatic carbocycles. The third-order valence-electron chi connectivity index (χ3n) is 3.79. The lowest BCUT2D eigenvalue weighted by atomic mass is 10.0. The van der Waals surface area contributed by atoms with E-state index in [4.69, 9.17) is 10.5 Å². The molecule has 0 saturated heterocycles. The van der Waals surface area contributed by atoms with E-state index in [0.717, 1.165) is 31.0 Å². The first-order valence-corrected chi connectivity index (χ1v) is 6.87. The number of nitrogens with two attached hydrogens (primary N) is 1. The van der Waals surface area contributed by atoms with Crippen molar-refractivity contribution in [2.24, 2.45) is 0 Å². The van der Waals surface area contributed by atoms with Crippen LogP contribution in [0.2, 0.25) is 0 Å². The number of hydrogen-bond acceptors (Lipinski definition) is 5. The van der Waals surface area contributed by atoms with Crippen molar-refractivity contribution >= 4 is 11.7 Å². The van der Waals surface area contributed by atoms with Crippen molar-refractivity contribution in [3.8, 4) is 0 Å². The molecule has 0 spiro atoms. The van der Waals surface area contributed by atoms with Gasteiger partial charge >= 0.3 is 5.97 Å². The minimum absolute atomic E-state index is 0.387. The van der Waals surface area contributed by atoms with Gasteiger partial charge in [-0.3, -0.25) is 4.90 Å². The summed E-state index contributed by atoms with van der Waals surface area (Å²) in [5.74, 6) is 0.659. The molecule has 1 aliphatic heterocycles. The van der Waals surface area contributed by atoms with E-state index >= 15 is 0 Å². The van der Waals surface area contributed by atoms with Crippen LogP contribution >= 0.6 is 0 Å². The Balaban J connectivity index is 1.83. The van der Waals surface area contributed by atoms with E-state index in [9.17, 15) is 4.79 Å². The molecular formula is C15H18N4O2. The maximum Gasteiger partial charge on any atom is 0.340 e. The summed E-state index contributed by atoms with van der Waals surface area (Å²) in [5.41, 5.74) is 7.74. The predicted molar refractivity (Wildman–Crippen MR) is 78.5 cm³/mol. The molecule has 0 amide bonds. The summed E-state index contributed by atoms with van der Waals surface area (Å²) < 4.78 is 6.99. The topological polar surface area (TPSA) is 73.4 Å². The van der Waals surface area contributed by atoms with E-state index in [1.54, 1.807) is 6.07 Å². The molecule has 0 unspecified atom stereocenters. The van der Waals surface area contributed by atoms with Crippen LogP contribution in [-0.2, 0) is 24.4 Å². The van der Waals surface area contributed by atoms with Crippen molar-refractivity contribution in [1.82, 2.24) is 14.5 Å². The van der Waals surface area contributed by atoms with Crippen LogP contribution in [0, 0.1) is 0 Å². The van der Waals surface area contributed by atoms with Gasteiger partial charge in [0.25, 0.3) is 0 Å². The van der Waals surface area contributed by atoms with Gasteiger partial charge < -0.3 is 15.0 Å². The molecular weight excluding hydrogens is 268 g/mol. The van der Waals surface area contributed by atoms with Gasteiger partial charge in [-0.05, 0) is 11.6 Å². The summed E-state index contributed by atoms with van der Waals surface area (Å²) in [6, 6.07) is 5.50. The summed E-state index contributed by atoms with van der Waals surface area (Å²) >= 11 is 0. The quantitative estimate of drug-likeness (QED) is 0.679. The van der Waals surface area contributed by atoms with Crippen LogP contribution in [-0.4, -0.2) is 34.1 Å². The van der Waals surface area contributed by atoms with E-state index in [1.165, 1.54) is 7.11 Å². The van der Waals surface area contributed by atoms with E-state index < -0.39 is 0 Å². The number of rotatable bonds is 3. The summed E-state index contributed by atoms with van der Waals surface area (Å²) in [4.78, 5) is 18.5. The van der Waals surface area contributed by atoms with Crippen molar-refractivity contribution in [3.05, 3.63) is 47.5 Å². The van der Waals surface area contributed by atoms with Crippen LogP contribution in [0.1, 0.15) is 21.7 Å². The zero-order valence-electron chi connectivity index (χ0n) is 12.0. The second-order valence-corrected chi connectivity index (χ2v) is 5.12. The lowest BCUT2D eigenvalue weighted by Gasteiger charge is -2.28. The molecule has 3 rings (SSSR count). The Labute approximate surface area is 123 Å². The third kappa shape index (κ3) is 2.62. The zero-order chi connectivity index (χ0) is 14.8. The SMILES string of the molecule is COC(=O)c1c(N)cccc1CN1CCn2ccnc2C1. The molecule has 0 saturated carbocycles. The number of esters is 1. The van der Waals surface area contributed by atoms with Crippen LogP contribution in [0.3, 0.4) is 0 Å². The number of benzene rings is 1. The number of ether oxygens (including phenoxy) is 1.